The van der Waals surface area contributed by atoms with Crippen molar-refractivity contribution in [2.75, 3.05) is 11.9 Å². The summed E-state index contributed by atoms with van der Waals surface area (Å²) >= 11 is 0. The highest BCUT2D eigenvalue weighted by atomic mass is 19.1. The monoisotopic (exact) mass is 369 g/mol. The number of aryl methyl sites for hydroxylation is 1. The summed E-state index contributed by atoms with van der Waals surface area (Å²) in [5.74, 6) is -0.332. The van der Waals surface area contributed by atoms with Crippen LogP contribution in [0.3, 0.4) is 0 Å². The van der Waals surface area contributed by atoms with Crippen LogP contribution in [0, 0.1) is 19.7 Å². The van der Waals surface area contributed by atoms with Gasteiger partial charge in [0.2, 0.25) is 5.82 Å². The van der Waals surface area contributed by atoms with Gasteiger partial charge in [0.25, 0.3) is 5.91 Å². The van der Waals surface area contributed by atoms with E-state index in [1.807, 2.05) is 20.0 Å². The van der Waals surface area contributed by atoms with Crippen molar-refractivity contribution in [3.8, 4) is 0 Å². The molecule has 3 rings (SSSR count). The standard InChI is InChI=1S/C18H20FN7O/c1-11-12(2)25-17(18(27)22-10-15-14(19)4-3-6-20-15)26-16(11)21-7-5-13-8-23-24-9-13/h3-4,6,8-9H,5,7,10H2,1-2H3,(H,22,27)(H,23,24)(H,21,25,26). The van der Waals surface area contributed by atoms with Gasteiger partial charge in [0.15, 0.2) is 0 Å². The van der Waals surface area contributed by atoms with Crippen molar-refractivity contribution in [3.63, 3.8) is 0 Å². The summed E-state index contributed by atoms with van der Waals surface area (Å²) in [7, 11) is 0. The Hall–Kier alpha value is -3.36. The minimum Gasteiger partial charge on any atom is -0.369 e. The Morgan fingerprint density at radius 1 is 1.30 bits per heavy atom. The molecular weight excluding hydrogens is 349 g/mol. The number of aromatic nitrogens is 5. The lowest BCUT2D eigenvalue weighted by Crippen LogP contribution is -2.27. The number of halogens is 1. The van der Waals surface area contributed by atoms with Crippen molar-refractivity contribution in [2.45, 2.75) is 26.8 Å². The van der Waals surface area contributed by atoms with Crippen LogP contribution in [0.2, 0.25) is 0 Å². The molecule has 0 aliphatic heterocycles. The van der Waals surface area contributed by atoms with Crippen LogP contribution in [-0.2, 0) is 13.0 Å². The number of nitrogens with one attached hydrogen (secondary N) is 3. The van der Waals surface area contributed by atoms with Gasteiger partial charge in [-0.25, -0.2) is 14.4 Å². The molecule has 3 aromatic rings. The van der Waals surface area contributed by atoms with Crippen LogP contribution in [-0.4, -0.2) is 37.6 Å². The van der Waals surface area contributed by atoms with Crippen molar-refractivity contribution >= 4 is 11.7 Å². The van der Waals surface area contributed by atoms with Crippen LogP contribution >= 0.6 is 0 Å². The van der Waals surface area contributed by atoms with Gasteiger partial charge in [-0.1, -0.05) is 0 Å². The minimum absolute atomic E-state index is 0.0280. The molecule has 0 saturated carbocycles. The summed E-state index contributed by atoms with van der Waals surface area (Å²) in [4.78, 5) is 24.8. The van der Waals surface area contributed by atoms with Crippen molar-refractivity contribution in [2.24, 2.45) is 0 Å². The second kappa shape index (κ2) is 8.35. The highest BCUT2D eigenvalue weighted by Crippen LogP contribution is 2.15. The molecule has 3 aromatic heterocycles. The second-order valence-electron chi connectivity index (χ2n) is 6.00. The molecule has 0 fully saturated rings. The third kappa shape index (κ3) is 4.63. The maximum absolute atomic E-state index is 13.6. The van der Waals surface area contributed by atoms with Gasteiger partial charge >= 0.3 is 0 Å². The summed E-state index contributed by atoms with van der Waals surface area (Å²) in [6.07, 6.45) is 5.82. The van der Waals surface area contributed by atoms with Crippen LogP contribution in [0.5, 0.6) is 0 Å². The molecular formula is C18H20FN7O. The molecule has 0 radical (unpaired) electrons. The van der Waals surface area contributed by atoms with E-state index in [4.69, 9.17) is 0 Å². The number of carbonyl (C=O) groups excluding carboxylic acids is 1. The average molecular weight is 369 g/mol. The summed E-state index contributed by atoms with van der Waals surface area (Å²) in [5.41, 5.74) is 2.80. The zero-order chi connectivity index (χ0) is 19.2. The van der Waals surface area contributed by atoms with E-state index in [0.29, 0.717) is 18.1 Å². The SMILES string of the molecule is Cc1nc(C(=O)NCc2ncccc2F)nc(NCCc2cn[nH]c2)c1C. The Bertz CT molecular complexity index is 927. The number of nitrogens with zero attached hydrogens (tertiary/aromatic N) is 4. The molecule has 0 aromatic carbocycles. The highest BCUT2D eigenvalue weighted by molar-refractivity contribution is 5.90. The minimum atomic E-state index is -0.485. The van der Waals surface area contributed by atoms with Gasteiger partial charge in [-0.3, -0.25) is 14.9 Å². The fourth-order valence-electron chi connectivity index (χ4n) is 2.43. The molecule has 8 nitrogen and oxygen atoms in total. The van der Waals surface area contributed by atoms with E-state index in [1.54, 1.807) is 6.20 Å². The number of pyridine rings is 1. The average Bonchev–Trinajstić information content (AvgIpc) is 3.17. The highest BCUT2D eigenvalue weighted by Gasteiger charge is 2.15. The molecule has 0 bridgehead atoms. The first-order valence-electron chi connectivity index (χ1n) is 8.49. The first kappa shape index (κ1) is 18.4. The predicted octanol–water partition coefficient (Wildman–Crippen LogP) is 1.94. The molecule has 0 aliphatic carbocycles. The molecule has 27 heavy (non-hydrogen) atoms. The number of aromatic amines is 1. The van der Waals surface area contributed by atoms with Crippen molar-refractivity contribution in [1.29, 1.82) is 0 Å². The normalized spacial score (nSPS) is 10.6. The number of rotatable bonds is 7. The molecule has 0 aliphatic rings. The van der Waals surface area contributed by atoms with Gasteiger partial charge in [-0.15, -0.1) is 0 Å². The van der Waals surface area contributed by atoms with Crippen molar-refractivity contribution < 1.29 is 9.18 Å². The molecule has 9 heteroatoms. The topological polar surface area (TPSA) is 108 Å². The molecule has 0 saturated heterocycles. The summed E-state index contributed by atoms with van der Waals surface area (Å²) < 4.78 is 13.6. The quantitative estimate of drug-likeness (QED) is 0.587. The number of H-pyrrole nitrogens is 1. The smallest absolute Gasteiger partial charge is 0.289 e. The van der Waals surface area contributed by atoms with Crippen LogP contribution in [0.4, 0.5) is 10.2 Å². The van der Waals surface area contributed by atoms with Crippen molar-refractivity contribution in [1.82, 2.24) is 30.5 Å². The van der Waals surface area contributed by atoms with E-state index in [1.165, 1.54) is 18.3 Å². The first-order valence-corrected chi connectivity index (χ1v) is 8.49. The molecule has 3 heterocycles. The molecule has 0 atom stereocenters. The largest absolute Gasteiger partial charge is 0.369 e. The maximum Gasteiger partial charge on any atom is 0.289 e. The first-order chi connectivity index (χ1) is 13.0. The number of anilines is 1. The fraction of sp³-hybridized carbons (Fsp3) is 0.278. The van der Waals surface area contributed by atoms with Gasteiger partial charge in [0.1, 0.15) is 11.6 Å². The van der Waals surface area contributed by atoms with Crippen LogP contribution in [0.1, 0.15) is 33.1 Å². The molecule has 0 unspecified atom stereocenters. The summed E-state index contributed by atoms with van der Waals surface area (Å²) in [6, 6.07) is 2.79. The summed E-state index contributed by atoms with van der Waals surface area (Å²) in [6.45, 7) is 4.30. The van der Waals surface area contributed by atoms with Crippen molar-refractivity contribution in [3.05, 3.63) is 64.9 Å². The van der Waals surface area contributed by atoms with E-state index in [0.717, 1.165) is 17.5 Å². The van der Waals surface area contributed by atoms with Gasteiger partial charge in [0, 0.05) is 30.2 Å². The molecule has 0 spiro atoms. The van der Waals surface area contributed by atoms with Gasteiger partial charge in [-0.05, 0) is 38.0 Å². The number of hydrogen-bond acceptors (Lipinski definition) is 6. The summed E-state index contributed by atoms with van der Waals surface area (Å²) in [5, 5.41) is 12.5. The van der Waals surface area contributed by atoms with Gasteiger partial charge < -0.3 is 10.6 Å². The van der Waals surface area contributed by atoms with Crippen LogP contribution < -0.4 is 10.6 Å². The lowest BCUT2D eigenvalue weighted by molar-refractivity contribution is 0.0939. The van der Waals surface area contributed by atoms with E-state index in [-0.39, 0.29) is 18.1 Å². The lowest BCUT2D eigenvalue weighted by Gasteiger charge is -2.12. The fourth-order valence-corrected chi connectivity index (χ4v) is 2.43. The van der Waals surface area contributed by atoms with Gasteiger partial charge in [0.05, 0.1) is 18.4 Å². The number of amides is 1. The maximum atomic E-state index is 13.6. The predicted molar refractivity (Wildman–Crippen MR) is 97.7 cm³/mol. The van der Waals surface area contributed by atoms with Crippen LogP contribution in [0.25, 0.3) is 0 Å². The molecule has 1 amide bonds. The third-order valence-corrected chi connectivity index (χ3v) is 4.10. The number of carbonyl (C=O) groups is 1. The molecule has 3 N–H and O–H groups in total. The zero-order valence-electron chi connectivity index (χ0n) is 15.1. The van der Waals surface area contributed by atoms with E-state index in [2.05, 4.69) is 35.8 Å². The Morgan fingerprint density at radius 3 is 2.89 bits per heavy atom. The molecule has 140 valence electrons. The second-order valence-corrected chi connectivity index (χ2v) is 6.00. The van der Waals surface area contributed by atoms with E-state index < -0.39 is 11.7 Å². The number of hydrogen-bond donors (Lipinski definition) is 3. The Morgan fingerprint density at radius 2 is 2.15 bits per heavy atom. The zero-order valence-corrected chi connectivity index (χ0v) is 15.1. The third-order valence-electron chi connectivity index (χ3n) is 4.10. The van der Waals surface area contributed by atoms with E-state index in [9.17, 15) is 9.18 Å². The van der Waals surface area contributed by atoms with Gasteiger partial charge in [-0.2, -0.15) is 5.10 Å². The lowest BCUT2D eigenvalue weighted by atomic mass is 10.2. The Balaban J connectivity index is 1.66. The van der Waals surface area contributed by atoms with Crippen LogP contribution in [0.15, 0.2) is 30.7 Å². The van der Waals surface area contributed by atoms with E-state index >= 15 is 0 Å². The Kier molecular flexibility index (Phi) is 5.70. The Labute approximate surface area is 155 Å².